The van der Waals surface area contributed by atoms with Crippen molar-refractivity contribution >= 4 is 76.6 Å². The number of oxime groups is 1. The normalized spacial score (nSPS) is 16.8. The molecule has 0 amide bonds. The number of hydrogen-bond acceptors (Lipinski definition) is 6. The summed E-state index contributed by atoms with van der Waals surface area (Å²) < 4.78 is 5.40. The van der Waals surface area contributed by atoms with E-state index in [1.165, 1.54) is 0 Å². The van der Waals surface area contributed by atoms with Crippen LogP contribution in [0.5, 0.6) is 0 Å². The van der Waals surface area contributed by atoms with Crippen LogP contribution in [0, 0.1) is 18.8 Å². The van der Waals surface area contributed by atoms with Crippen LogP contribution in [0.4, 0.5) is 0 Å². The second kappa shape index (κ2) is 13.6. The Hall–Kier alpha value is 0.284. The van der Waals surface area contributed by atoms with Crippen LogP contribution < -0.4 is 5.32 Å². The van der Waals surface area contributed by atoms with E-state index < -0.39 is 0 Å². The number of hydrogen-bond donors (Lipinski definition) is 1. The zero-order valence-corrected chi connectivity index (χ0v) is 23.3. The Morgan fingerprint density at radius 3 is 2.86 bits per heavy atom. The molecule has 3 rings (SSSR count). The van der Waals surface area contributed by atoms with Gasteiger partial charge in [-0.3, -0.25) is 0 Å². The predicted molar refractivity (Wildman–Crippen MR) is 135 cm³/mol. The number of rotatable bonds is 4. The standard InChI is InChI=1S/C18H20N4O2.3HI.V/c1-3-4-17(22-24-11-15-10-23-8-7-19-15)14-5-6-18-16(9-14)13(2)20-12-21-18;;;;/h5-6,9,12,15,19H,7-8,10-11H2,1-2H3;3*1H;/q;;;;+3/p-3/b22-17+;;;;. The van der Waals surface area contributed by atoms with Gasteiger partial charge in [-0.2, -0.15) is 0 Å². The quantitative estimate of drug-likeness (QED) is 0.218. The van der Waals surface area contributed by atoms with Gasteiger partial charge >= 0.3 is 64.9 Å². The minimum atomic E-state index is -0.278. The van der Waals surface area contributed by atoms with Crippen molar-refractivity contribution in [2.45, 2.75) is 19.9 Å². The van der Waals surface area contributed by atoms with E-state index in [1.54, 1.807) is 13.3 Å². The molecule has 0 aliphatic carbocycles. The molecule has 2 aromatic rings. The van der Waals surface area contributed by atoms with Crippen molar-refractivity contribution in [3.8, 4) is 11.8 Å². The predicted octanol–water partition coefficient (Wildman–Crippen LogP) is 4.33. The first-order chi connectivity index (χ1) is 13.5. The van der Waals surface area contributed by atoms with Crippen molar-refractivity contribution in [1.29, 1.82) is 0 Å². The molecule has 1 aromatic heterocycles. The van der Waals surface area contributed by atoms with E-state index in [0.717, 1.165) is 35.3 Å². The number of benzene rings is 1. The van der Waals surface area contributed by atoms with Crippen molar-refractivity contribution < 1.29 is 14.5 Å². The maximum absolute atomic E-state index is 5.50. The Kier molecular flexibility index (Phi) is 11.9. The summed E-state index contributed by atoms with van der Waals surface area (Å²) in [6, 6.07) is 6.05. The van der Waals surface area contributed by atoms with Crippen LogP contribution in [0.25, 0.3) is 10.9 Å². The summed E-state index contributed by atoms with van der Waals surface area (Å²) in [5.74, 6) is 5.89. The molecule has 10 heteroatoms. The molecule has 6 nitrogen and oxygen atoms in total. The van der Waals surface area contributed by atoms with Gasteiger partial charge in [0.2, 0.25) is 0 Å². The van der Waals surface area contributed by atoms with E-state index in [0.29, 0.717) is 18.9 Å². The van der Waals surface area contributed by atoms with Gasteiger partial charge in [-0.1, -0.05) is 11.1 Å². The van der Waals surface area contributed by atoms with Crippen LogP contribution in [0.3, 0.4) is 0 Å². The number of fused-ring (bicyclic) bond motifs is 1. The fraction of sp³-hybridized carbons (Fsp3) is 0.389. The molecule has 1 aromatic carbocycles. The molecule has 2 heterocycles. The molecule has 1 N–H and O–H groups in total. The van der Waals surface area contributed by atoms with Gasteiger partial charge in [0.15, 0.2) is 5.71 Å². The van der Waals surface area contributed by atoms with Gasteiger partial charge in [-0.05, 0) is 38.0 Å². The van der Waals surface area contributed by atoms with Gasteiger partial charge in [0.1, 0.15) is 12.9 Å². The topological polar surface area (TPSA) is 68.6 Å². The Labute approximate surface area is 203 Å². The fourth-order valence-electron chi connectivity index (χ4n) is 2.52. The molecule has 0 bridgehead atoms. The number of nitrogens with zero attached hydrogens (tertiary/aromatic N) is 3. The van der Waals surface area contributed by atoms with Gasteiger partial charge < -0.3 is 14.9 Å². The first-order valence-corrected chi connectivity index (χ1v) is 22.0. The SMILES string of the molecule is CC#C/C(=N\OCC1COCCN1)c1ccc2ncnc(C)c2c1.[I][V]([I])[I]. The van der Waals surface area contributed by atoms with E-state index in [2.05, 4.69) is 92.2 Å². The molecule has 1 saturated heterocycles. The minimum absolute atomic E-state index is 0.158. The molecule has 1 aliphatic heterocycles. The summed E-state index contributed by atoms with van der Waals surface area (Å²) in [5, 5.41) is 8.53. The molecule has 1 fully saturated rings. The molecule has 0 saturated carbocycles. The zero-order chi connectivity index (χ0) is 20.4. The van der Waals surface area contributed by atoms with Crippen LogP contribution >= 0.6 is 59.9 Å². The third-order valence-electron chi connectivity index (χ3n) is 3.78. The summed E-state index contributed by atoms with van der Waals surface area (Å²) in [7, 11) is 0. The van der Waals surface area contributed by atoms with E-state index in [1.807, 2.05) is 25.1 Å². The number of nitrogens with one attached hydrogen (secondary N) is 1. The molecule has 150 valence electrons. The summed E-state index contributed by atoms with van der Waals surface area (Å²) >= 11 is 7.39. The number of aromatic nitrogens is 2. The van der Waals surface area contributed by atoms with Gasteiger partial charge in [-0.15, -0.1) is 0 Å². The number of ether oxygens (including phenoxy) is 1. The third kappa shape index (κ3) is 8.57. The van der Waals surface area contributed by atoms with Crippen molar-refractivity contribution in [3.05, 3.63) is 35.8 Å². The number of morpholine rings is 1. The first-order valence-electron chi connectivity index (χ1n) is 8.44. The molecule has 1 aliphatic rings. The summed E-state index contributed by atoms with van der Waals surface area (Å²) in [5.41, 5.74) is 3.32. The maximum atomic E-state index is 5.50. The van der Waals surface area contributed by atoms with Crippen molar-refractivity contribution in [1.82, 2.24) is 15.3 Å². The molecule has 0 radical (unpaired) electrons. The van der Waals surface area contributed by atoms with Gasteiger partial charge in [0.25, 0.3) is 0 Å². The first kappa shape index (κ1) is 24.6. The molecular formula is C18H20I3N4O2V. The number of halogens is 3. The Bertz CT molecular complexity index is 862. The van der Waals surface area contributed by atoms with Crippen LogP contribution in [-0.4, -0.2) is 48.1 Å². The van der Waals surface area contributed by atoms with E-state index >= 15 is 0 Å². The van der Waals surface area contributed by atoms with E-state index in [-0.39, 0.29) is 11.0 Å². The van der Waals surface area contributed by atoms with Gasteiger partial charge in [0, 0.05) is 23.2 Å². The zero-order valence-electron chi connectivity index (χ0n) is 15.5. The van der Waals surface area contributed by atoms with Crippen molar-refractivity contribution in [2.75, 3.05) is 26.4 Å². The fourth-order valence-corrected chi connectivity index (χ4v) is 2.52. The average molecular weight is 756 g/mol. The van der Waals surface area contributed by atoms with E-state index in [9.17, 15) is 0 Å². The van der Waals surface area contributed by atoms with Crippen molar-refractivity contribution in [3.63, 3.8) is 0 Å². The van der Waals surface area contributed by atoms with Crippen LogP contribution in [0.2, 0.25) is 0 Å². The Balaban J connectivity index is 0.000000640. The second-order valence-corrected chi connectivity index (χ2v) is 41.1. The summed E-state index contributed by atoms with van der Waals surface area (Å²) in [4.78, 5) is 13.7. The van der Waals surface area contributed by atoms with Gasteiger partial charge in [-0.25, -0.2) is 9.97 Å². The molecule has 1 atom stereocenters. The van der Waals surface area contributed by atoms with Crippen LogP contribution in [-0.2, 0) is 14.5 Å². The summed E-state index contributed by atoms with van der Waals surface area (Å²) in [6.07, 6.45) is 1.57. The Morgan fingerprint density at radius 2 is 2.18 bits per heavy atom. The third-order valence-corrected chi connectivity index (χ3v) is 3.78. The van der Waals surface area contributed by atoms with Crippen molar-refractivity contribution in [2.24, 2.45) is 5.16 Å². The van der Waals surface area contributed by atoms with Gasteiger partial charge in [0.05, 0.1) is 24.8 Å². The molecule has 1 unspecified atom stereocenters. The van der Waals surface area contributed by atoms with E-state index in [4.69, 9.17) is 9.57 Å². The number of aryl methyl sites for hydroxylation is 1. The second-order valence-electron chi connectivity index (χ2n) is 5.72. The summed E-state index contributed by atoms with van der Waals surface area (Å²) in [6.45, 7) is 6.40. The monoisotopic (exact) mass is 756 g/mol. The molecule has 28 heavy (non-hydrogen) atoms. The van der Waals surface area contributed by atoms with Crippen LogP contribution in [0.1, 0.15) is 18.2 Å². The Morgan fingerprint density at radius 1 is 1.39 bits per heavy atom. The molecular weight excluding hydrogens is 736 g/mol. The molecule has 0 spiro atoms. The van der Waals surface area contributed by atoms with Crippen LogP contribution in [0.15, 0.2) is 29.7 Å². The average Bonchev–Trinajstić information content (AvgIpc) is 2.68.